The standard InChI is InChI=1S/C18H23N5O2/c1-12-9-13(2)23(21-12)11-15-5-4-8-22(15)18(25)14-6-7-16(20-10-14)17(24)19-3/h6-7,9-10,15H,4-5,8,11H2,1-3H3,(H,19,24)/t15-/m0/s1. The number of aryl methyl sites for hydroxylation is 2. The summed E-state index contributed by atoms with van der Waals surface area (Å²) in [6, 6.07) is 5.42. The first kappa shape index (κ1) is 17.1. The zero-order valence-electron chi connectivity index (χ0n) is 14.8. The van der Waals surface area contributed by atoms with Gasteiger partial charge in [0.15, 0.2) is 0 Å². The van der Waals surface area contributed by atoms with E-state index in [0.717, 1.165) is 30.8 Å². The molecule has 2 aromatic rings. The molecule has 0 saturated carbocycles. The van der Waals surface area contributed by atoms with Crippen LogP contribution >= 0.6 is 0 Å². The van der Waals surface area contributed by atoms with Gasteiger partial charge in [-0.1, -0.05) is 0 Å². The van der Waals surface area contributed by atoms with Crippen molar-refractivity contribution >= 4 is 11.8 Å². The molecule has 0 bridgehead atoms. The average Bonchev–Trinajstić information content (AvgIpc) is 3.20. The van der Waals surface area contributed by atoms with Gasteiger partial charge in [-0.25, -0.2) is 0 Å². The minimum absolute atomic E-state index is 0.0417. The molecular weight excluding hydrogens is 318 g/mol. The molecule has 1 fully saturated rings. The first-order chi connectivity index (χ1) is 12.0. The maximum absolute atomic E-state index is 12.8. The zero-order chi connectivity index (χ0) is 18.0. The van der Waals surface area contributed by atoms with Gasteiger partial charge in [0.1, 0.15) is 5.69 Å². The summed E-state index contributed by atoms with van der Waals surface area (Å²) < 4.78 is 1.97. The molecule has 25 heavy (non-hydrogen) atoms. The fourth-order valence-corrected chi connectivity index (χ4v) is 3.30. The van der Waals surface area contributed by atoms with Crippen LogP contribution in [0.1, 0.15) is 45.1 Å². The third kappa shape index (κ3) is 3.55. The number of hydrogen-bond acceptors (Lipinski definition) is 4. The second-order valence-electron chi connectivity index (χ2n) is 6.42. The summed E-state index contributed by atoms with van der Waals surface area (Å²) >= 11 is 0. The summed E-state index contributed by atoms with van der Waals surface area (Å²) in [6.07, 6.45) is 3.43. The highest BCUT2D eigenvalue weighted by Gasteiger charge is 2.30. The summed E-state index contributed by atoms with van der Waals surface area (Å²) in [5.74, 6) is -0.303. The normalized spacial score (nSPS) is 16.9. The first-order valence-electron chi connectivity index (χ1n) is 8.49. The van der Waals surface area contributed by atoms with Crippen molar-refractivity contribution in [3.8, 4) is 0 Å². The Labute approximate surface area is 147 Å². The van der Waals surface area contributed by atoms with Crippen molar-refractivity contribution in [2.24, 2.45) is 0 Å². The molecular formula is C18H23N5O2. The molecule has 1 N–H and O–H groups in total. The molecule has 7 nitrogen and oxygen atoms in total. The minimum Gasteiger partial charge on any atom is -0.354 e. The number of carbonyl (C=O) groups excluding carboxylic acids is 2. The Morgan fingerprint density at radius 2 is 2.12 bits per heavy atom. The van der Waals surface area contributed by atoms with Gasteiger partial charge < -0.3 is 10.2 Å². The maximum atomic E-state index is 12.8. The third-order valence-electron chi connectivity index (χ3n) is 4.60. The largest absolute Gasteiger partial charge is 0.354 e. The van der Waals surface area contributed by atoms with E-state index in [1.54, 1.807) is 19.2 Å². The van der Waals surface area contributed by atoms with Gasteiger partial charge in [-0.2, -0.15) is 5.10 Å². The highest BCUT2D eigenvalue weighted by molar-refractivity contribution is 5.96. The molecule has 3 heterocycles. The quantitative estimate of drug-likeness (QED) is 0.915. The van der Waals surface area contributed by atoms with Gasteiger partial charge in [0.05, 0.1) is 23.8 Å². The molecule has 1 aliphatic heterocycles. The Kier molecular flexibility index (Phi) is 4.83. The van der Waals surface area contributed by atoms with E-state index in [4.69, 9.17) is 0 Å². The van der Waals surface area contributed by atoms with Gasteiger partial charge in [0.25, 0.3) is 11.8 Å². The molecule has 0 radical (unpaired) electrons. The Morgan fingerprint density at radius 3 is 2.72 bits per heavy atom. The number of carbonyl (C=O) groups is 2. The topological polar surface area (TPSA) is 80.1 Å². The van der Waals surface area contributed by atoms with Crippen LogP contribution in [0.25, 0.3) is 0 Å². The van der Waals surface area contributed by atoms with Gasteiger partial charge in [0.2, 0.25) is 0 Å². The van der Waals surface area contributed by atoms with Gasteiger partial charge in [0, 0.05) is 25.5 Å². The SMILES string of the molecule is CNC(=O)c1ccc(C(=O)N2CCC[C@H]2Cn2nc(C)cc2C)cn1. The molecule has 0 aromatic carbocycles. The summed E-state index contributed by atoms with van der Waals surface area (Å²) in [6.45, 7) is 5.44. The van der Waals surface area contributed by atoms with Crippen molar-refractivity contribution < 1.29 is 9.59 Å². The highest BCUT2D eigenvalue weighted by Crippen LogP contribution is 2.22. The van der Waals surface area contributed by atoms with Crippen molar-refractivity contribution in [3.05, 3.63) is 47.0 Å². The molecule has 7 heteroatoms. The number of hydrogen-bond donors (Lipinski definition) is 1. The van der Waals surface area contributed by atoms with Crippen LogP contribution in [0.2, 0.25) is 0 Å². The van der Waals surface area contributed by atoms with E-state index in [9.17, 15) is 9.59 Å². The fraction of sp³-hybridized carbons (Fsp3) is 0.444. The number of likely N-dealkylation sites (tertiary alicyclic amines) is 1. The van der Waals surface area contributed by atoms with E-state index < -0.39 is 0 Å². The lowest BCUT2D eigenvalue weighted by Gasteiger charge is -2.25. The lowest BCUT2D eigenvalue weighted by Crippen LogP contribution is -2.38. The van der Waals surface area contributed by atoms with Crippen LogP contribution in [0.3, 0.4) is 0 Å². The monoisotopic (exact) mass is 341 g/mol. The molecule has 0 spiro atoms. The molecule has 0 aliphatic carbocycles. The predicted octanol–water partition coefficient (Wildman–Crippen LogP) is 1.56. The van der Waals surface area contributed by atoms with Crippen molar-refractivity contribution in [2.45, 2.75) is 39.3 Å². The fourth-order valence-electron chi connectivity index (χ4n) is 3.30. The molecule has 2 amide bonds. The molecule has 1 aliphatic rings. The third-order valence-corrected chi connectivity index (χ3v) is 4.60. The Balaban J connectivity index is 1.74. The van der Waals surface area contributed by atoms with E-state index in [0.29, 0.717) is 17.8 Å². The number of rotatable bonds is 4. The van der Waals surface area contributed by atoms with E-state index >= 15 is 0 Å². The lowest BCUT2D eigenvalue weighted by atomic mass is 10.2. The van der Waals surface area contributed by atoms with Crippen LogP contribution in [-0.2, 0) is 6.54 Å². The van der Waals surface area contributed by atoms with Crippen LogP contribution in [0.5, 0.6) is 0 Å². The molecule has 2 aromatic heterocycles. The smallest absolute Gasteiger partial charge is 0.269 e. The summed E-state index contributed by atoms with van der Waals surface area (Å²) in [7, 11) is 1.55. The van der Waals surface area contributed by atoms with Crippen molar-refractivity contribution in [1.82, 2.24) is 25.0 Å². The molecule has 3 rings (SSSR count). The lowest BCUT2D eigenvalue weighted by molar-refractivity contribution is 0.0720. The molecule has 132 valence electrons. The summed E-state index contributed by atoms with van der Waals surface area (Å²) in [5.41, 5.74) is 2.91. The number of nitrogens with one attached hydrogen (secondary N) is 1. The average molecular weight is 341 g/mol. The maximum Gasteiger partial charge on any atom is 0.269 e. The number of aromatic nitrogens is 3. The Hall–Kier alpha value is -2.70. The van der Waals surface area contributed by atoms with Gasteiger partial charge in [-0.05, 0) is 44.9 Å². The molecule has 0 unspecified atom stereocenters. The highest BCUT2D eigenvalue weighted by atomic mass is 16.2. The van der Waals surface area contributed by atoms with Gasteiger partial charge in [-0.15, -0.1) is 0 Å². The van der Waals surface area contributed by atoms with Crippen LogP contribution in [0.4, 0.5) is 0 Å². The minimum atomic E-state index is -0.262. The van der Waals surface area contributed by atoms with Crippen LogP contribution in [-0.4, -0.2) is 51.1 Å². The van der Waals surface area contributed by atoms with E-state index in [-0.39, 0.29) is 17.9 Å². The van der Waals surface area contributed by atoms with Gasteiger partial charge in [-0.3, -0.25) is 19.3 Å². The van der Waals surface area contributed by atoms with Crippen LogP contribution in [0.15, 0.2) is 24.4 Å². The second kappa shape index (κ2) is 7.04. The first-order valence-corrected chi connectivity index (χ1v) is 8.49. The van der Waals surface area contributed by atoms with Gasteiger partial charge >= 0.3 is 0 Å². The predicted molar refractivity (Wildman–Crippen MR) is 93.4 cm³/mol. The van der Waals surface area contributed by atoms with Crippen molar-refractivity contribution in [3.63, 3.8) is 0 Å². The van der Waals surface area contributed by atoms with Crippen LogP contribution in [0, 0.1) is 13.8 Å². The molecule has 1 saturated heterocycles. The van der Waals surface area contributed by atoms with E-state index in [1.165, 1.54) is 6.20 Å². The summed E-state index contributed by atoms with van der Waals surface area (Å²) in [5, 5.41) is 7.02. The number of amides is 2. The zero-order valence-corrected chi connectivity index (χ0v) is 14.8. The summed E-state index contributed by atoms with van der Waals surface area (Å²) in [4.78, 5) is 30.4. The second-order valence-corrected chi connectivity index (χ2v) is 6.42. The van der Waals surface area contributed by atoms with E-state index in [1.807, 2.05) is 29.5 Å². The van der Waals surface area contributed by atoms with E-state index in [2.05, 4.69) is 15.4 Å². The van der Waals surface area contributed by atoms with Crippen LogP contribution < -0.4 is 5.32 Å². The Morgan fingerprint density at radius 1 is 1.32 bits per heavy atom. The number of nitrogens with zero attached hydrogens (tertiary/aromatic N) is 4. The number of pyridine rings is 1. The van der Waals surface area contributed by atoms with Crippen molar-refractivity contribution in [1.29, 1.82) is 0 Å². The molecule has 1 atom stereocenters. The Bertz CT molecular complexity index is 781. The van der Waals surface area contributed by atoms with Crippen molar-refractivity contribution in [2.75, 3.05) is 13.6 Å².